The van der Waals surface area contributed by atoms with Gasteiger partial charge in [-0.2, -0.15) is 0 Å². The van der Waals surface area contributed by atoms with E-state index in [2.05, 4.69) is 4.74 Å². The zero-order valence-corrected chi connectivity index (χ0v) is 7.77. The molecule has 76 valence electrons. The highest BCUT2D eigenvalue weighted by molar-refractivity contribution is 5.76. The summed E-state index contributed by atoms with van der Waals surface area (Å²) in [7, 11) is 1.37. The van der Waals surface area contributed by atoms with Crippen LogP contribution in [0.2, 0.25) is 0 Å². The molecular weight excluding hydrogens is 187 g/mol. The molecule has 0 saturated carbocycles. The lowest BCUT2D eigenvalue weighted by Crippen LogP contribution is -2.17. The van der Waals surface area contributed by atoms with Crippen molar-refractivity contribution >= 4 is 5.97 Å². The van der Waals surface area contributed by atoms with E-state index in [9.17, 15) is 9.18 Å². The van der Waals surface area contributed by atoms with Crippen molar-refractivity contribution in [2.24, 2.45) is 0 Å². The zero-order chi connectivity index (χ0) is 10.4. The summed E-state index contributed by atoms with van der Waals surface area (Å²) < 4.78 is 20.9. The van der Waals surface area contributed by atoms with Crippen LogP contribution < -0.4 is 0 Å². The minimum atomic E-state index is -1.13. The number of benzene rings is 1. The smallest absolute Gasteiger partial charge is 0.342 e. The van der Waals surface area contributed by atoms with Crippen molar-refractivity contribution in [2.45, 2.75) is 6.10 Å². The third kappa shape index (κ3) is 2.53. The molecule has 1 atom stereocenters. The van der Waals surface area contributed by atoms with Gasteiger partial charge in [-0.25, -0.2) is 9.18 Å². The number of hydrogen-bond donors (Lipinski definition) is 0. The molecule has 0 aromatic heterocycles. The van der Waals surface area contributed by atoms with E-state index in [4.69, 9.17) is 4.74 Å². The molecule has 3 nitrogen and oxygen atoms in total. The van der Waals surface area contributed by atoms with Crippen LogP contribution in [-0.2, 0) is 14.3 Å². The molecule has 4 heteroatoms. The van der Waals surface area contributed by atoms with Gasteiger partial charge in [0, 0.05) is 7.11 Å². The predicted octanol–water partition coefficient (Wildman–Crippen LogP) is 1.84. The van der Waals surface area contributed by atoms with E-state index in [1.54, 1.807) is 24.3 Å². The summed E-state index contributed by atoms with van der Waals surface area (Å²) in [5, 5.41) is 0. The lowest BCUT2D eigenvalue weighted by Gasteiger charge is -2.12. The molecule has 0 bridgehead atoms. The molecule has 0 aliphatic heterocycles. The van der Waals surface area contributed by atoms with Gasteiger partial charge in [0.25, 0.3) is 0 Å². The summed E-state index contributed by atoms with van der Waals surface area (Å²) in [5.41, 5.74) is 0.647. The van der Waals surface area contributed by atoms with Gasteiger partial charge in [0.15, 0.2) is 6.10 Å². The van der Waals surface area contributed by atoms with Crippen LogP contribution >= 0.6 is 0 Å². The van der Waals surface area contributed by atoms with Gasteiger partial charge >= 0.3 is 5.97 Å². The standard InChI is InChI=1S/C10H11FO3/c1-13-9(10(12)14-7-11)8-5-3-2-4-6-8/h2-6,9H,7H2,1H3. The van der Waals surface area contributed by atoms with Gasteiger partial charge in [0.05, 0.1) is 0 Å². The lowest BCUT2D eigenvalue weighted by molar-refractivity contribution is -0.160. The van der Waals surface area contributed by atoms with Crippen LogP contribution in [0.1, 0.15) is 11.7 Å². The van der Waals surface area contributed by atoms with Crippen LogP contribution in [0.5, 0.6) is 0 Å². The zero-order valence-electron chi connectivity index (χ0n) is 7.77. The second kappa shape index (κ2) is 5.34. The van der Waals surface area contributed by atoms with Crippen LogP contribution in [0.15, 0.2) is 30.3 Å². The third-order valence-corrected chi connectivity index (χ3v) is 1.75. The maximum absolute atomic E-state index is 11.8. The van der Waals surface area contributed by atoms with E-state index in [-0.39, 0.29) is 0 Å². The van der Waals surface area contributed by atoms with E-state index in [0.29, 0.717) is 5.56 Å². The van der Waals surface area contributed by atoms with Gasteiger partial charge in [-0.3, -0.25) is 0 Å². The van der Waals surface area contributed by atoms with Crippen LogP contribution in [0, 0.1) is 0 Å². The molecule has 0 heterocycles. The molecular formula is C10H11FO3. The van der Waals surface area contributed by atoms with Crippen LogP contribution in [0.3, 0.4) is 0 Å². The molecule has 0 saturated heterocycles. The Balaban J connectivity index is 2.77. The topological polar surface area (TPSA) is 35.5 Å². The highest BCUT2D eigenvalue weighted by atomic mass is 19.1. The molecule has 0 fully saturated rings. The van der Waals surface area contributed by atoms with Gasteiger partial charge in [-0.15, -0.1) is 0 Å². The summed E-state index contributed by atoms with van der Waals surface area (Å²) in [4.78, 5) is 11.2. The summed E-state index contributed by atoms with van der Waals surface area (Å²) in [6, 6.07) is 8.78. The van der Waals surface area contributed by atoms with Crippen molar-refractivity contribution in [3.05, 3.63) is 35.9 Å². The first-order chi connectivity index (χ1) is 6.79. The normalized spacial score (nSPS) is 12.1. The number of carbonyl (C=O) groups is 1. The van der Waals surface area contributed by atoms with E-state index in [0.717, 1.165) is 0 Å². The molecule has 0 amide bonds. The molecule has 1 unspecified atom stereocenters. The Kier molecular flexibility index (Phi) is 4.07. The van der Waals surface area contributed by atoms with Crippen molar-refractivity contribution in [3.8, 4) is 0 Å². The minimum Gasteiger partial charge on any atom is -0.432 e. The molecule has 0 N–H and O–H groups in total. The Morgan fingerprint density at radius 1 is 1.43 bits per heavy atom. The molecule has 1 aromatic rings. The van der Waals surface area contributed by atoms with Crippen molar-refractivity contribution in [1.82, 2.24) is 0 Å². The Morgan fingerprint density at radius 2 is 2.07 bits per heavy atom. The highest BCUT2D eigenvalue weighted by Crippen LogP contribution is 2.17. The minimum absolute atomic E-state index is 0.647. The molecule has 0 aliphatic rings. The van der Waals surface area contributed by atoms with Crippen LogP contribution in [0.25, 0.3) is 0 Å². The van der Waals surface area contributed by atoms with E-state index < -0.39 is 18.9 Å². The number of carbonyl (C=O) groups excluding carboxylic acids is 1. The van der Waals surface area contributed by atoms with Crippen molar-refractivity contribution in [2.75, 3.05) is 14.0 Å². The summed E-state index contributed by atoms with van der Waals surface area (Å²) in [6.07, 6.45) is -0.855. The van der Waals surface area contributed by atoms with E-state index in [1.807, 2.05) is 6.07 Å². The van der Waals surface area contributed by atoms with E-state index >= 15 is 0 Å². The SMILES string of the molecule is COC(C(=O)OCF)c1ccccc1. The largest absolute Gasteiger partial charge is 0.432 e. The fourth-order valence-corrected chi connectivity index (χ4v) is 1.13. The van der Waals surface area contributed by atoms with Crippen LogP contribution in [0.4, 0.5) is 4.39 Å². The van der Waals surface area contributed by atoms with Crippen LogP contribution in [-0.4, -0.2) is 19.9 Å². The lowest BCUT2D eigenvalue weighted by atomic mass is 10.1. The Morgan fingerprint density at radius 3 is 2.57 bits per heavy atom. The summed E-state index contributed by atoms with van der Waals surface area (Å²) in [5.74, 6) is -0.721. The monoisotopic (exact) mass is 198 g/mol. The molecule has 1 rings (SSSR count). The Hall–Kier alpha value is -1.42. The molecule has 1 aromatic carbocycles. The van der Waals surface area contributed by atoms with Crippen molar-refractivity contribution in [3.63, 3.8) is 0 Å². The number of methoxy groups -OCH3 is 1. The van der Waals surface area contributed by atoms with Gasteiger partial charge in [0.1, 0.15) is 0 Å². The van der Waals surface area contributed by atoms with Gasteiger partial charge in [0.2, 0.25) is 6.86 Å². The van der Waals surface area contributed by atoms with Gasteiger partial charge in [-0.1, -0.05) is 30.3 Å². The number of rotatable bonds is 4. The quantitative estimate of drug-likeness (QED) is 0.692. The number of ether oxygens (including phenoxy) is 2. The first-order valence-corrected chi connectivity index (χ1v) is 4.10. The molecule has 0 aliphatic carbocycles. The average molecular weight is 198 g/mol. The predicted molar refractivity (Wildman–Crippen MR) is 48.3 cm³/mol. The number of hydrogen-bond acceptors (Lipinski definition) is 3. The summed E-state index contributed by atoms with van der Waals surface area (Å²) >= 11 is 0. The molecule has 14 heavy (non-hydrogen) atoms. The first-order valence-electron chi connectivity index (χ1n) is 4.10. The fourth-order valence-electron chi connectivity index (χ4n) is 1.13. The number of esters is 1. The number of halogens is 1. The van der Waals surface area contributed by atoms with Gasteiger partial charge < -0.3 is 9.47 Å². The molecule has 0 spiro atoms. The Bertz CT molecular complexity index is 287. The maximum atomic E-state index is 11.8. The first kappa shape index (κ1) is 10.7. The maximum Gasteiger partial charge on any atom is 0.342 e. The number of alkyl halides is 1. The average Bonchev–Trinajstić information content (AvgIpc) is 2.21. The molecule has 0 radical (unpaired) electrons. The van der Waals surface area contributed by atoms with Crippen molar-refractivity contribution in [1.29, 1.82) is 0 Å². The highest BCUT2D eigenvalue weighted by Gasteiger charge is 2.20. The second-order valence-electron chi connectivity index (χ2n) is 2.60. The van der Waals surface area contributed by atoms with E-state index in [1.165, 1.54) is 7.11 Å². The summed E-state index contributed by atoms with van der Waals surface area (Å²) in [6.45, 7) is -1.13. The second-order valence-corrected chi connectivity index (χ2v) is 2.60. The Labute approximate surface area is 81.4 Å². The fraction of sp³-hybridized carbons (Fsp3) is 0.300. The van der Waals surface area contributed by atoms with Crippen molar-refractivity contribution < 1.29 is 18.7 Å². The third-order valence-electron chi connectivity index (χ3n) is 1.75. The van der Waals surface area contributed by atoms with Gasteiger partial charge in [-0.05, 0) is 5.56 Å².